The van der Waals surface area contributed by atoms with Crippen LogP contribution in [-0.4, -0.2) is 19.6 Å². The number of ether oxygens (including phenoxy) is 2. The number of methoxy groups -OCH3 is 1. The van der Waals surface area contributed by atoms with Gasteiger partial charge in [-0.3, -0.25) is 4.79 Å². The van der Waals surface area contributed by atoms with Gasteiger partial charge in [-0.05, 0) is 36.4 Å². The summed E-state index contributed by atoms with van der Waals surface area (Å²) in [5, 5.41) is 3.13. The second kappa shape index (κ2) is 7.09. The number of nitrogens with one attached hydrogen (secondary N) is 1. The van der Waals surface area contributed by atoms with Crippen LogP contribution in [0.25, 0.3) is 0 Å². The summed E-state index contributed by atoms with van der Waals surface area (Å²) in [6.45, 7) is -2.97. The SMILES string of the molecule is COc1cc(C(=O)Nc2cccc(Cl)c2)ccc1OC(F)F. The molecule has 4 nitrogen and oxygen atoms in total. The highest BCUT2D eigenvalue weighted by Crippen LogP contribution is 2.29. The lowest BCUT2D eigenvalue weighted by Gasteiger charge is -2.11. The van der Waals surface area contributed by atoms with Crippen LogP contribution in [0.1, 0.15) is 10.4 Å². The van der Waals surface area contributed by atoms with Crippen molar-refractivity contribution in [3.63, 3.8) is 0 Å². The van der Waals surface area contributed by atoms with E-state index in [4.69, 9.17) is 16.3 Å². The maximum Gasteiger partial charge on any atom is 0.387 e. The summed E-state index contributed by atoms with van der Waals surface area (Å²) in [7, 11) is 1.30. The highest BCUT2D eigenvalue weighted by atomic mass is 35.5. The van der Waals surface area contributed by atoms with Gasteiger partial charge in [0.15, 0.2) is 11.5 Å². The summed E-state index contributed by atoms with van der Waals surface area (Å²) in [6, 6.07) is 10.6. The minimum atomic E-state index is -2.97. The smallest absolute Gasteiger partial charge is 0.387 e. The van der Waals surface area contributed by atoms with E-state index in [0.29, 0.717) is 10.7 Å². The molecule has 0 heterocycles. The number of carbonyl (C=O) groups is 1. The standard InChI is InChI=1S/C15H12ClF2NO3/c1-21-13-7-9(5-6-12(13)22-15(17)18)14(20)19-11-4-2-3-10(16)8-11/h2-8,15H,1H3,(H,19,20). The quantitative estimate of drug-likeness (QED) is 0.895. The van der Waals surface area contributed by atoms with Crippen LogP contribution in [0.15, 0.2) is 42.5 Å². The zero-order chi connectivity index (χ0) is 16.1. The number of hydrogen-bond acceptors (Lipinski definition) is 3. The Morgan fingerprint density at radius 2 is 1.95 bits per heavy atom. The van der Waals surface area contributed by atoms with Crippen LogP contribution in [0, 0.1) is 0 Å². The van der Waals surface area contributed by atoms with E-state index in [2.05, 4.69) is 10.1 Å². The van der Waals surface area contributed by atoms with Gasteiger partial charge in [-0.25, -0.2) is 0 Å². The lowest BCUT2D eigenvalue weighted by atomic mass is 10.2. The Kier molecular flexibility index (Phi) is 5.16. The first-order chi connectivity index (χ1) is 10.5. The molecular weight excluding hydrogens is 316 g/mol. The molecule has 2 aromatic rings. The average Bonchev–Trinajstić information content (AvgIpc) is 2.47. The number of rotatable bonds is 5. The van der Waals surface area contributed by atoms with Crippen LogP contribution >= 0.6 is 11.6 Å². The van der Waals surface area contributed by atoms with Crippen molar-refractivity contribution in [2.24, 2.45) is 0 Å². The first-order valence-electron chi connectivity index (χ1n) is 6.19. The molecule has 1 N–H and O–H groups in total. The molecule has 0 spiro atoms. The van der Waals surface area contributed by atoms with Gasteiger partial charge in [0, 0.05) is 16.3 Å². The van der Waals surface area contributed by atoms with Crippen molar-refractivity contribution in [3.8, 4) is 11.5 Å². The van der Waals surface area contributed by atoms with Crippen molar-refractivity contribution in [1.82, 2.24) is 0 Å². The van der Waals surface area contributed by atoms with Gasteiger partial charge in [0.2, 0.25) is 0 Å². The second-order valence-electron chi connectivity index (χ2n) is 4.21. The molecule has 0 saturated heterocycles. The maximum absolute atomic E-state index is 12.3. The number of carbonyl (C=O) groups excluding carboxylic acids is 1. The van der Waals surface area contributed by atoms with Crippen molar-refractivity contribution in [3.05, 3.63) is 53.1 Å². The molecule has 1 amide bonds. The fourth-order valence-electron chi connectivity index (χ4n) is 1.77. The summed E-state index contributed by atoms with van der Waals surface area (Å²) >= 11 is 5.83. The average molecular weight is 328 g/mol. The molecular formula is C15H12ClF2NO3. The Hall–Kier alpha value is -2.34. The van der Waals surface area contributed by atoms with E-state index in [9.17, 15) is 13.6 Å². The predicted molar refractivity (Wildman–Crippen MR) is 79.0 cm³/mol. The van der Waals surface area contributed by atoms with E-state index in [1.54, 1.807) is 24.3 Å². The summed E-state index contributed by atoms with van der Waals surface area (Å²) < 4.78 is 33.7. The zero-order valence-electron chi connectivity index (χ0n) is 11.5. The first-order valence-corrected chi connectivity index (χ1v) is 6.57. The Labute approximate surface area is 130 Å². The number of halogens is 3. The molecule has 2 aromatic carbocycles. The topological polar surface area (TPSA) is 47.6 Å². The fraction of sp³-hybridized carbons (Fsp3) is 0.133. The van der Waals surface area contributed by atoms with Gasteiger partial charge in [-0.1, -0.05) is 17.7 Å². The van der Waals surface area contributed by atoms with Crippen molar-refractivity contribution >= 4 is 23.2 Å². The monoisotopic (exact) mass is 327 g/mol. The summed E-state index contributed by atoms with van der Waals surface area (Å²) in [5.74, 6) is -0.528. The number of anilines is 1. The maximum atomic E-state index is 12.3. The van der Waals surface area contributed by atoms with Crippen molar-refractivity contribution in [2.45, 2.75) is 6.61 Å². The molecule has 0 saturated carbocycles. The molecule has 0 atom stereocenters. The van der Waals surface area contributed by atoms with Gasteiger partial charge in [-0.15, -0.1) is 0 Å². The molecule has 22 heavy (non-hydrogen) atoms. The van der Waals surface area contributed by atoms with E-state index in [-0.39, 0.29) is 17.1 Å². The lowest BCUT2D eigenvalue weighted by molar-refractivity contribution is -0.0512. The number of hydrogen-bond donors (Lipinski definition) is 1. The third-order valence-electron chi connectivity index (χ3n) is 2.72. The third kappa shape index (κ3) is 4.08. The molecule has 7 heteroatoms. The fourth-order valence-corrected chi connectivity index (χ4v) is 1.96. The first kappa shape index (κ1) is 16.0. The van der Waals surface area contributed by atoms with E-state index in [1.807, 2.05) is 0 Å². The van der Waals surface area contributed by atoms with Gasteiger partial charge in [0.05, 0.1) is 7.11 Å². The molecule has 0 unspecified atom stereocenters. The van der Waals surface area contributed by atoms with Crippen molar-refractivity contribution in [1.29, 1.82) is 0 Å². The van der Waals surface area contributed by atoms with Crippen LogP contribution in [0.4, 0.5) is 14.5 Å². The highest BCUT2D eigenvalue weighted by molar-refractivity contribution is 6.30. The van der Waals surface area contributed by atoms with Gasteiger partial charge in [-0.2, -0.15) is 8.78 Å². The minimum Gasteiger partial charge on any atom is -0.493 e. The number of amides is 1. The lowest BCUT2D eigenvalue weighted by Crippen LogP contribution is -2.12. The van der Waals surface area contributed by atoms with Crippen LogP contribution in [0.2, 0.25) is 5.02 Å². The summed E-state index contributed by atoms with van der Waals surface area (Å²) in [5.41, 5.74) is 0.753. The zero-order valence-corrected chi connectivity index (χ0v) is 12.2. The molecule has 0 aliphatic heterocycles. The third-order valence-corrected chi connectivity index (χ3v) is 2.96. The van der Waals surface area contributed by atoms with Crippen LogP contribution in [0.5, 0.6) is 11.5 Å². The van der Waals surface area contributed by atoms with Gasteiger partial charge >= 0.3 is 6.61 Å². The molecule has 0 aromatic heterocycles. The molecule has 0 radical (unpaired) electrons. The van der Waals surface area contributed by atoms with E-state index in [0.717, 1.165) is 0 Å². The molecule has 0 aliphatic rings. The van der Waals surface area contributed by atoms with Gasteiger partial charge in [0.1, 0.15) is 0 Å². The molecule has 0 bridgehead atoms. The Bertz CT molecular complexity index is 680. The number of benzene rings is 2. The molecule has 116 valence electrons. The van der Waals surface area contributed by atoms with Crippen LogP contribution in [0.3, 0.4) is 0 Å². The van der Waals surface area contributed by atoms with Crippen LogP contribution < -0.4 is 14.8 Å². The van der Waals surface area contributed by atoms with Crippen molar-refractivity contribution in [2.75, 3.05) is 12.4 Å². The normalized spacial score (nSPS) is 10.4. The Morgan fingerprint density at radius 3 is 2.59 bits per heavy atom. The van der Waals surface area contributed by atoms with E-state index < -0.39 is 12.5 Å². The highest BCUT2D eigenvalue weighted by Gasteiger charge is 2.14. The van der Waals surface area contributed by atoms with Gasteiger partial charge in [0.25, 0.3) is 5.91 Å². The Morgan fingerprint density at radius 1 is 1.18 bits per heavy atom. The molecule has 0 aliphatic carbocycles. The summed E-state index contributed by atoms with van der Waals surface area (Å²) in [4.78, 5) is 12.1. The van der Waals surface area contributed by atoms with E-state index in [1.165, 1.54) is 25.3 Å². The van der Waals surface area contributed by atoms with Gasteiger partial charge < -0.3 is 14.8 Å². The predicted octanol–water partition coefficient (Wildman–Crippen LogP) is 4.20. The second-order valence-corrected chi connectivity index (χ2v) is 4.65. The van der Waals surface area contributed by atoms with E-state index >= 15 is 0 Å². The largest absolute Gasteiger partial charge is 0.493 e. The Balaban J connectivity index is 2.19. The minimum absolute atomic E-state index is 0.0408. The van der Waals surface area contributed by atoms with Crippen molar-refractivity contribution < 1.29 is 23.0 Å². The van der Waals surface area contributed by atoms with Crippen LogP contribution in [-0.2, 0) is 0 Å². The molecule has 0 fully saturated rings. The summed E-state index contributed by atoms with van der Waals surface area (Å²) in [6.07, 6.45) is 0. The number of alkyl halides is 2. The molecule has 2 rings (SSSR count).